The van der Waals surface area contributed by atoms with Crippen LogP contribution < -0.4 is 4.74 Å². The van der Waals surface area contributed by atoms with E-state index >= 15 is 0 Å². The summed E-state index contributed by atoms with van der Waals surface area (Å²) in [6.45, 7) is 2.04. The number of carbonyl (C=O) groups is 2. The molecule has 6 nitrogen and oxygen atoms in total. The molecule has 3 aromatic rings. The Morgan fingerprint density at radius 1 is 1.18 bits per heavy atom. The predicted octanol–water partition coefficient (Wildman–Crippen LogP) is 4.19. The number of benzene rings is 2. The maximum atomic E-state index is 12.3. The van der Waals surface area contributed by atoms with Crippen molar-refractivity contribution in [1.29, 1.82) is 0 Å². The van der Waals surface area contributed by atoms with E-state index in [0.29, 0.717) is 17.7 Å². The van der Waals surface area contributed by atoms with Crippen molar-refractivity contribution in [2.24, 2.45) is 0 Å². The van der Waals surface area contributed by atoms with Gasteiger partial charge < -0.3 is 14.9 Å². The maximum absolute atomic E-state index is 12.3. The molecule has 142 valence electrons. The van der Waals surface area contributed by atoms with Gasteiger partial charge in [0.1, 0.15) is 0 Å². The molecule has 0 fully saturated rings. The van der Waals surface area contributed by atoms with Crippen molar-refractivity contribution in [2.45, 2.75) is 6.92 Å². The number of carbonyl (C=O) groups excluding carboxylic acids is 1. The van der Waals surface area contributed by atoms with E-state index in [0.717, 1.165) is 5.39 Å². The molecule has 0 amide bonds. The Hall–Kier alpha value is -3.38. The SMILES string of the molecule is CCOc1cc(C=C(C(=O)C(=O)O)c2ccc3ccccc3n2)cc(Cl)c1O. The van der Waals surface area contributed by atoms with Crippen LogP contribution in [-0.2, 0) is 9.59 Å². The molecule has 7 heteroatoms. The van der Waals surface area contributed by atoms with Crippen LogP contribution in [0.5, 0.6) is 11.5 Å². The molecule has 0 saturated heterocycles. The molecule has 1 aromatic heterocycles. The number of aliphatic carboxylic acids is 1. The summed E-state index contributed by atoms with van der Waals surface area (Å²) < 4.78 is 5.33. The molecule has 0 spiro atoms. The number of Topliss-reactive ketones (excluding diaryl/α,β-unsaturated/α-hetero) is 1. The minimum atomic E-state index is -1.60. The summed E-state index contributed by atoms with van der Waals surface area (Å²) in [6.07, 6.45) is 1.36. The summed E-state index contributed by atoms with van der Waals surface area (Å²) in [5.74, 6) is -2.80. The van der Waals surface area contributed by atoms with Gasteiger partial charge in [-0.1, -0.05) is 35.9 Å². The van der Waals surface area contributed by atoms with Gasteiger partial charge in [0.05, 0.1) is 28.4 Å². The van der Waals surface area contributed by atoms with Gasteiger partial charge in [-0.25, -0.2) is 9.78 Å². The Bertz CT molecular complexity index is 1110. The number of nitrogens with zero attached hydrogens (tertiary/aromatic N) is 1. The highest BCUT2D eigenvalue weighted by Crippen LogP contribution is 2.36. The van der Waals surface area contributed by atoms with Gasteiger partial charge >= 0.3 is 5.97 Å². The van der Waals surface area contributed by atoms with Crippen molar-refractivity contribution in [3.8, 4) is 11.5 Å². The summed E-state index contributed by atoms with van der Waals surface area (Å²) in [5.41, 5.74) is 1.13. The number of carboxylic acids is 1. The first kappa shape index (κ1) is 19.4. The van der Waals surface area contributed by atoms with E-state index in [2.05, 4.69) is 4.98 Å². The average molecular weight is 398 g/mol. The number of halogens is 1. The van der Waals surface area contributed by atoms with Gasteiger partial charge in [-0.2, -0.15) is 0 Å². The number of hydrogen-bond donors (Lipinski definition) is 2. The van der Waals surface area contributed by atoms with E-state index in [-0.39, 0.29) is 27.8 Å². The third kappa shape index (κ3) is 3.97. The van der Waals surface area contributed by atoms with E-state index < -0.39 is 11.8 Å². The quantitative estimate of drug-likeness (QED) is 0.478. The van der Waals surface area contributed by atoms with Crippen molar-refractivity contribution < 1.29 is 24.5 Å². The zero-order chi connectivity index (χ0) is 20.3. The van der Waals surface area contributed by atoms with E-state index in [1.165, 1.54) is 18.2 Å². The number of fused-ring (bicyclic) bond motifs is 1. The normalized spacial score (nSPS) is 11.4. The van der Waals surface area contributed by atoms with Crippen molar-refractivity contribution in [3.63, 3.8) is 0 Å². The third-order valence-corrected chi connectivity index (χ3v) is 4.26. The van der Waals surface area contributed by atoms with Gasteiger partial charge in [-0.3, -0.25) is 4.79 Å². The maximum Gasteiger partial charge on any atom is 0.377 e. The number of carboxylic acid groups (broad SMARTS) is 1. The van der Waals surface area contributed by atoms with Crippen LogP contribution in [0, 0.1) is 0 Å². The van der Waals surface area contributed by atoms with E-state index in [9.17, 15) is 19.8 Å². The van der Waals surface area contributed by atoms with Crippen LogP contribution >= 0.6 is 11.6 Å². The Morgan fingerprint density at radius 2 is 1.93 bits per heavy atom. The fourth-order valence-electron chi connectivity index (χ4n) is 2.70. The smallest absolute Gasteiger partial charge is 0.377 e. The highest BCUT2D eigenvalue weighted by atomic mass is 35.5. The van der Waals surface area contributed by atoms with Crippen LogP contribution in [0.1, 0.15) is 18.2 Å². The number of phenols is 1. The van der Waals surface area contributed by atoms with Crippen molar-refractivity contribution in [3.05, 3.63) is 64.8 Å². The molecule has 0 aliphatic heterocycles. The summed E-state index contributed by atoms with van der Waals surface area (Å²) in [6, 6.07) is 13.5. The topological polar surface area (TPSA) is 96.7 Å². The molecule has 28 heavy (non-hydrogen) atoms. The van der Waals surface area contributed by atoms with E-state index in [1.807, 2.05) is 12.1 Å². The average Bonchev–Trinajstić information content (AvgIpc) is 2.69. The number of ketones is 1. The summed E-state index contributed by atoms with van der Waals surface area (Å²) in [5, 5.41) is 20.1. The second kappa shape index (κ2) is 8.10. The molecule has 1 heterocycles. The lowest BCUT2D eigenvalue weighted by Crippen LogP contribution is -2.15. The zero-order valence-electron chi connectivity index (χ0n) is 14.8. The number of aromatic nitrogens is 1. The molecule has 0 aliphatic carbocycles. The predicted molar refractivity (Wildman–Crippen MR) is 107 cm³/mol. The van der Waals surface area contributed by atoms with Crippen molar-refractivity contribution >= 4 is 45.9 Å². The highest BCUT2D eigenvalue weighted by molar-refractivity contribution is 6.52. The minimum absolute atomic E-state index is 0.0193. The minimum Gasteiger partial charge on any atom is -0.503 e. The van der Waals surface area contributed by atoms with Crippen LogP contribution in [-0.4, -0.2) is 33.6 Å². The van der Waals surface area contributed by atoms with Crippen LogP contribution in [0.25, 0.3) is 22.6 Å². The molecule has 0 radical (unpaired) electrons. The molecule has 0 atom stereocenters. The lowest BCUT2D eigenvalue weighted by Gasteiger charge is -2.10. The van der Waals surface area contributed by atoms with E-state index in [1.54, 1.807) is 31.2 Å². The first-order valence-corrected chi connectivity index (χ1v) is 8.79. The Morgan fingerprint density at radius 3 is 2.64 bits per heavy atom. The molecule has 0 saturated carbocycles. The van der Waals surface area contributed by atoms with Gasteiger partial charge in [0.15, 0.2) is 11.5 Å². The third-order valence-electron chi connectivity index (χ3n) is 3.97. The van der Waals surface area contributed by atoms with Crippen LogP contribution in [0.15, 0.2) is 48.5 Å². The summed E-state index contributed by atoms with van der Waals surface area (Å²) in [7, 11) is 0. The van der Waals surface area contributed by atoms with Gasteiger partial charge in [-0.05, 0) is 42.8 Å². The number of pyridine rings is 1. The number of ether oxygens (including phenoxy) is 1. The Kier molecular flexibility index (Phi) is 5.61. The fraction of sp³-hybridized carbons (Fsp3) is 0.0952. The number of para-hydroxylation sites is 1. The lowest BCUT2D eigenvalue weighted by molar-refractivity contribution is -0.146. The Labute approximate surface area is 165 Å². The molecular weight excluding hydrogens is 382 g/mol. The number of aromatic hydroxyl groups is 1. The first-order chi connectivity index (χ1) is 13.4. The molecule has 2 N–H and O–H groups in total. The van der Waals surface area contributed by atoms with Crippen LogP contribution in [0.4, 0.5) is 0 Å². The van der Waals surface area contributed by atoms with Gasteiger partial charge in [0.2, 0.25) is 0 Å². The number of rotatable bonds is 6. The Balaban J connectivity index is 2.17. The van der Waals surface area contributed by atoms with Gasteiger partial charge in [0, 0.05) is 5.39 Å². The zero-order valence-corrected chi connectivity index (χ0v) is 15.6. The standard InChI is InChI=1S/C21H16ClNO5/c1-2-28-18-11-12(10-15(22)20(18)25)9-14(19(24)21(26)27)17-8-7-13-5-3-4-6-16(13)23-17/h3-11,25H,2H2,1H3,(H,26,27). The summed E-state index contributed by atoms with van der Waals surface area (Å²) in [4.78, 5) is 28.1. The fourth-order valence-corrected chi connectivity index (χ4v) is 2.92. The van der Waals surface area contributed by atoms with Crippen molar-refractivity contribution in [2.75, 3.05) is 6.61 Å². The second-order valence-corrected chi connectivity index (χ2v) is 6.27. The molecule has 0 unspecified atom stereocenters. The molecule has 3 rings (SSSR count). The van der Waals surface area contributed by atoms with Crippen LogP contribution in [0.2, 0.25) is 5.02 Å². The lowest BCUT2D eigenvalue weighted by atomic mass is 10.0. The monoisotopic (exact) mass is 397 g/mol. The molecule has 0 bridgehead atoms. The van der Waals surface area contributed by atoms with Crippen LogP contribution in [0.3, 0.4) is 0 Å². The van der Waals surface area contributed by atoms with Gasteiger partial charge in [-0.15, -0.1) is 0 Å². The number of phenolic OH excluding ortho intramolecular Hbond substituents is 1. The largest absolute Gasteiger partial charge is 0.503 e. The van der Waals surface area contributed by atoms with Crippen molar-refractivity contribution in [1.82, 2.24) is 4.98 Å². The van der Waals surface area contributed by atoms with E-state index in [4.69, 9.17) is 16.3 Å². The summed E-state index contributed by atoms with van der Waals surface area (Å²) >= 11 is 6.03. The number of hydrogen-bond acceptors (Lipinski definition) is 5. The molecular formula is C21H16ClNO5. The first-order valence-electron chi connectivity index (χ1n) is 8.41. The highest BCUT2D eigenvalue weighted by Gasteiger charge is 2.21. The molecule has 2 aromatic carbocycles. The second-order valence-electron chi connectivity index (χ2n) is 5.86. The molecule has 0 aliphatic rings. The van der Waals surface area contributed by atoms with Gasteiger partial charge in [0.25, 0.3) is 5.78 Å².